The molecule has 1 heterocycles. The first-order valence-electron chi connectivity index (χ1n) is 4.34. The fourth-order valence-corrected chi connectivity index (χ4v) is 1.42. The fraction of sp³-hybridized carbons (Fsp3) is 0. The lowest BCUT2D eigenvalue weighted by atomic mass is 10.1. The minimum Gasteiger partial charge on any atom is -0.287 e. The summed E-state index contributed by atoms with van der Waals surface area (Å²) < 4.78 is 0. The summed E-state index contributed by atoms with van der Waals surface area (Å²) in [7, 11) is 0. The van der Waals surface area contributed by atoms with Gasteiger partial charge in [0.2, 0.25) is 5.78 Å². The maximum absolute atomic E-state index is 11.9. The van der Waals surface area contributed by atoms with Crippen LogP contribution in [0, 0.1) is 0 Å². The highest BCUT2D eigenvalue weighted by Crippen LogP contribution is 2.17. The molecule has 0 radical (unpaired) electrons. The van der Waals surface area contributed by atoms with Crippen molar-refractivity contribution in [2.45, 2.75) is 0 Å². The summed E-state index contributed by atoms with van der Waals surface area (Å²) >= 11 is 5.90. The third kappa shape index (κ3) is 2.02. The molecule has 0 unspecified atom stereocenters. The van der Waals surface area contributed by atoms with Gasteiger partial charge in [0.1, 0.15) is 5.69 Å². The van der Waals surface area contributed by atoms with Crippen LogP contribution in [0.3, 0.4) is 0 Å². The molecule has 1 aromatic heterocycles. The molecule has 3 nitrogen and oxygen atoms in total. The standard InChI is InChI=1S/C11H7ClN2O/c12-9-4-2-1-3-8(9)11(15)10-7-13-5-6-14-10/h1-7H. The van der Waals surface area contributed by atoms with Crippen LogP contribution in [0.25, 0.3) is 0 Å². The average Bonchev–Trinajstić information content (AvgIpc) is 2.30. The van der Waals surface area contributed by atoms with E-state index in [1.807, 2.05) is 0 Å². The zero-order valence-electron chi connectivity index (χ0n) is 7.72. The number of nitrogens with zero attached hydrogens (tertiary/aromatic N) is 2. The van der Waals surface area contributed by atoms with Gasteiger partial charge in [-0.2, -0.15) is 0 Å². The van der Waals surface area contributed by atoms with Crippen LogP contribution in [-0.2, 0) is 0 Å². The lowest BCUT2D eigenvalue weighted by molar-refractivity contribution is 0.103. The van der Waals surface area contributed by atoms with Crippen LogP contribution in [0.4, 0.5) is 0 Å². The molecular formula is C11H7ClN2O. The maximum atomic E-state index is 11.9. The smallest absolute Gasteiger partial charge is 0.214 e. The zero-order valence-corrected chi connectivity index (χ0v) is 8.48. The first-order chi connectivity index (χ1) is 7.29. The topological polar surface area (TPSA) is 42.9 Å². The summed E-state index contributed by atoms with van der Waals surface area (Å²) in [5.41, 5.74) is 0.741. The Balaban J connectivity index is 2.42. The predicted molar refractivity (Wildman–Crippen MR) is 56.9 cm³/mol. The largest absolute Gasteiger partial charge is 0.287 e. The predicted octanol–water partition coefficient (Wildman–Crippen LogP) is 2.36. The SMILES string of the molecule is O=C(c1cnccn1)c1ccccc1Cl. The molecule has 0 aliphatic heterocycles. The summed E-state index contributed by atoms with van der Waals surface area (Å²) in [4.78, 5) is 19.6. The van der Waals surface area contributed by atoms with Gasteiger partial charge in [-0.15, -0.1) is 0 Å². The number of hydrogen-bond acceptors (Lipinski definition) is 3. The van der Waals surface area contributed by atoms with Gasteiger partial charge in [0.05, 0.1) is 11.2 Å². The highest BCUT2D eigenvalue weighted by molar-refractivity contribution is 6.34. The van der Waals surface area contributed by atoms with Gasteiger partial charge in [-0.1, -0.05) is 23.7 Å². The Morgan fingerprint density at radius 2 is 2.00 bits per heavy atom. The van der Waals surface area contributed by atoms with E-state index in [1.165, 1.54) is 18.6 Å². The highest BCUT2D eigenvalue weighted by atomic mass is 35.5. The van der Waals surface area contributed by atoms with Crippen molar-refractivity contribution in [1.82, 2.24) is 9.97 Å². The Labute approximate surface area is 91.8 Å². The van der Waals surface area contributed by atoms with Crippen LogP contribution < -0.4 is 0 Å². The molecule has 1 aromatic carbocycles. The van der Waals surface area contributed by atoms with E-state index in [1.54, 1.807) is 24.3 Å². The summed E-state index contributed by atoms with van der Waals surface area (Å²) in [5.74, 6) is -0.214. The summed E-state index contributed by atoms with van der Waals surface area (Å²) in [6.07, 6.45) is 4.42. The van der Waals surface area contributed by atoms with Gasteiger partial charge >= 0.3 is 0 Å². The number of aromatic nitrogens is 2. The van der Waals surface area contributed by atoms with Gasteiger partial charge in [0.25, 0.3) is 0 Å². The Morgan fingerprint density at radius 1 is 1.20 bits per heavy atom. The Hall–Kier alpha value is -1.74. The molecule has 0 saturated carbocycles. The minimum absolute atomic E-state index is 0.214. The van der Waals surface area contributed by atoms with E-state index < -0.39 is 0 Å². The second kappa shape index (κ2) is 4.19. The van der Waals surface area contributed by atoms with Crippen LogP contribution in [-0.4, -0.2) is 15.8 Å². The molecule has 0 aliphatic carbocycles. The minimum atomic E-state index is -0.214. The highest BCUT2D eigenvalue weighted by Gasteiger charge is 2.12. The van der Waals surface area contributed by atoms with Crippen molar-refractivity contribution in [3.8, 4) is 0 Å². The molecule has 0 amide bonds. The lowest BCUT2D eigenvalue weighted by Gasteiger charge is -2.01. The van der Waals surface area contributed by atoms with Crippen LogP contribution in [0.1, 0.15) is 16.1 Å². The summed E-state index contributed by atoms with van der Waals surface area (Å²) in [6.45, 7) is 0. The van der Waals surface area contributed by atoms with Crippen LogP contribution in [0.2, 0.25) is 5.02 Å². The maximum Gasteiger partial charge on any atom is 0.214 e. The molecule has 74 valence electrons. The van der Waals surface area contributed by atoms with E-state index in [9.17, 15) is 4.79 Å². The van der Waals surface area contributed by atoms with Crippen molar-refractivity contribution in [3.05, 3.63) is 59.1 Å². The molecule has 0 bridgehead atoms. The molecule has 0 atom stereocenters. The van der Waals surface area contributed by atoms with Crippen molar-refractivity contribution in [2.24, 2.45) is 0 Å². The zero-order chi connectivity index (χ0) is 10.7. The number of carbonyl (C=O) groups is 1. The number of benzene rings is 1. The van der Waals surface area contributed by atoms with E-state index in [-0.39, 0.29) is 5.78 Å². The van der Waals surface area contributed by atoms with Gasteiger partial charge in [-0.05, 0) is 12.1 Å². The summed E-state index contributed by atoms with van der Waals surface area (Å²) in [6, 6.07) is 6.87. The van der Waals surface area contributed by atoms with Gasteiger partial charge in [0.15, 0.2) is 0 Å². The average molecular weight is 219 g/mol. The van der Waals surface area contributed by atoms with Gasteiger partial charge in [-0.3, -0.25) is 9.78 Å². The molecular weight excluding hydrogens is 212 g/mol. The van der Waals surface area contributed by atoms with Crippen molar-refractivity contribution >= 4 is 17.4 Å². The van der Waals surface area contributed by atoms with Crippen molar-refractivity contribution in [3.63, 3.8) is 0 Å². The molecule has 0 N–H and O–H groups in total. The quantitative estimate of drug-likeness (QED) is 0.727. The van der Waals surface area contributed by atoms with E-state index in [4.69, 9.17) is 11.6 Å². The summed E-state index contributed by atoms with van der Waals surface area (Å²) in [5, 5.41) is 0.424. The van der Waals surface area contributed by atoms with E-state index in [0.29, 0.717) is 16.3 Å². The van der Waals surface area contributed by atoms with Crippen molar-refractivity contribution in [1.29, 1.82) is 0 Å². The van der Waals surface area contributed by atoms with E-state index in [2.05, 4.69) is 9.97 Å². The molecule has 0 fully saturated rings. The van der Waals surface area contributed by atoms with Gasteiger partial charge < -0.3 is 0 Å². The van der Waals surface area contributed by atoms with E-state index >= 15 is 0 Å². The second-order valence-electron chi connectivity index (χ2n) is 2.90. The third-order valence-electron chi connectivity index (χ3n) is 1.91. The number of hydrogen-bond donors (Lipinski definition) is 0. The Kier molecular flexibility index (Phi) is 2.74. The van der Waals surface area contributed by atoms with Gasteiger partial charge in [-0.25, -0.2) is 4.98 Å². The number of carbonyl (C=O) groups excluding carboxylic acids is 1. The molecule has 0 aliphatic rings. The number of rotatable bonds is 2. The molecule has 0 spiro atoms. The van der Waals surface area contributed by atoms with Gasteiger partial charge in [0, 0.05) is 18.0 Å². The second-order valence-corrected chi connectivity index (χ2v) is 3.31. The molecule has 2 rings (SSSR count). The molecule has 15 heavy (non-hydrogen) atoms. The lowest BCUT2D eigenvalue weighted by Crippen LogP contribution is -2.04. The molecule has 0 saturated heterocycles. The Bertz CT molecular complexity index is 485. The first-order valence-corrected chi connectivity index (χ1v) is 4.72. The normalized spacial score (nSPS) is 9.93. The fourth-order valence-electron chi connectivity index (χ4n) is 1.20. The van der Waals surface area contributed by atoms with Crippen molar-refractivity contribution < 1.29 is 4.79 Å². The van der Waals surface area contributed by atoms with Crippen LogP contribution >= 0.6 is 11.6 Å². The molecule has 4 heteroatoms. The molecule has 2 aromatic rings. The monoisotopic (exact) mass is 218 g/mol. The number of ketones is 1. The van der Waals surface area contributed by atoms with Crippen LogP contribution in [0.5, 0.6) is 0 Å². The van der Waals surface area contributed by atoms with Crippen LogP contribution in [0.15, 0.2) is 42.9 Å². The number of halogens is 1. The first kappa shape index (κ1) is 9.80. The van der Waals surface area contributed by atoms with Crippen molar-refractivity contribution in [2.75, 3.05) is 0 Å². The third-order valence-corrected chi connectivity index (χ3v) is 2.24. The Morgan fingerprint density at radius 3 is 2.67 bits per heavy atom. The van der Waals surface area contributed by atoms with E-state index in [0.717, 1.165) is 0 Å².